The van der Waals surface area contributed by atoms with E-state index in [9.17, 15) is 9.59 Å². The molecule has 5 heteroatoms. The molecular formula is C15H19NO4. The van der Waals surface area contributed by atoms with E-state index in [2.05, 4.69) is 0 Å². The van der Waals surface area contributed by atoms with Crippen LogP contribution in [0.25, 0.3) is 0 Å². The van der Waals surface area contributed by atoms with Crippen LogP contribution in [-0.2, 0) is 16.0 Å². The van der Waals surface area contributed by atoms with Crippen LogP contribution in [0.2, 0.25) is 0 Å². The van der Waals surface area contributed by atoms with Gasteiger partial charge in [0.1, 0.15) is 12.3 Å². The molecule has 5 nitrogen and oxygen atoms in total. The summed E-state index contributed by atoms with van der Waals surface area (Å²) in [6.45, 7) is 1.69. The normalized spacial score (nSPS) is 13.8. The van der Waals surface area contributed by atoms with E-state index >= 15 is 0 Å². The summed E-state index contributed by atoms with van der Waals surface area (Å²) in [5, 5.41) is 8.83. The third-order valence-electron chi connectivity index (χ3n) is 3.28. The van der Waals surface area contributed by atoms with Gasteiger partial charge in [-0.15, -0.1) is 0 Å². The number of hydrogen-bond donors (Lipinski definition) is 1. The van der Waals surface area contributed by atoms with Gasteiger partial charge in [-0.3, -0.25) is 9.59 Å². The molecule has 0 spiro atoms. The zero-order valence-electron chi connectivity index (χ0n) is 11.5. The van der Waals surface area contributed by atoms with Crippen LogP contribution in [-0.4, -0.2) is 41.1 Å². The number of aryl methyl sites for hydroxylation is 1. The van der Waals surface area contributed by atoms with Crippen LogP contribution in [0.5, 0.6) is 5.75 Å². The number of carboxylic acids is 1. The summed E-state index contributed by atoms with van der Waals surface area (Å²) in [5.74, 6) is -0.612. The van der Waals surface area contributed by atoms with Crippen LogP contribution >= 0.6 is 0 Å². The number of carbonyl (C=O) groups is 2. The Morgan fingerprint density at radius 3 is 2.75 bits per heavy atom. The number of nitrogens with zero attached hydrogens (tertiary/aromatic N) is 1. The Bertz CT molecular complexity index is 496. The first kappa shape index (κ1) is 14.4. The number of carboxylic acid groups (broad SMARTS) is 1. The maximum atomic E-state index is 12.0. The van der Waals surface area contributed by atoms with Crippen molar-refractivity contribution in [1.82, 2.24) is 4.90 Å². The van der Waals surface area contributed by atoms with E-state index < -0.39 is 5.97 Å². The third kappa shape index (κ3) is 3.98. The fourth-order valence-corrected chi connectivity index (χ4v) is 2.04. The van der Waals surface area contributed by atoms with Crippen molar-refractivity contribution in [3.05, 3.63) is 29.8 Å². The monoisotopic (exact) mass is 277 g/mol. The highest BCUT2D eigenvalue weighted by molar-refractivity contribution is 5.83. The van der Waals surface area contributed by atoms with E-state index in [0.29, 0.717) is 5.75 Å². The van der Waals surface area contributed by atoms with Crippen molar-refractivity contribution in [2.24, 2.45) is 0 Å². The Balaban J connectivity index is 1.91. The molecule has 0 aromatic heterocycles. The van der Waals surface area contributed by atoms with Crippen LogP contribution in [0.15, 0.2) is 24.3 Å². The fourth-order valence-electron chi connectivity index (χ4n) is 2.04. The maximum absolute atomic E-state index is 12.0. The highest BCUT2D eigenvalue weighted by atomic mass is 16.5. The Morgan fingerprint density at radius 1 is 1.40 bits per heavy atom. The van der Waals surface area contributed by atoms with Crippen LogP contribution in [0, 0.1) is 0 Å². The molecule has 1 aromatic carbocycles. The fraction of sp³-hybridized carbons (Fsp3) is 0.467. The summed E-state index contributed by atoms with van der Waals surface area (Å²) < 4.78 is 5.47. The number of ether oxygens (including phenoxy) is 1. The van der Waals surface area contributed by atoms with Crippen LogP contribution in [0.4, 0.5) is 0 Å². The van der Waals surface area contributed by atoms with Gasteiger partial charge in [0.25, 0.3) is 5.91 Å². The quantitative estimate of drug-likeness (QED) is 0.823. The van der Waals surface area contributed by atoms with Crippen molar-refractivity contribution in [2.45, 2.75) is 32.2 Å². The highest BCUT2D eigenvalue weighted by Gasteiger charge is 2.33. The molecule has 2 rings (SSSR count). The zero-order valence-corrected chi connectivity index (χ0v) is 11.5. The van der Waals surface area contributed by atoms with E-state index in [1.165, 1.54) is 4.90 Å². The predicted octanol–water partition coefficient (Wildman–Crippen LogP) is 1.70. The molecule has 0 bridgehead atoms. The van der Waals surface area contributed by atoms with E-state index in [4.69, 9.17) is 9.84 Å². The largest absolute Gasteiger partial charge is 0.484 e. The molecule has 0 radical (unpaired) electrons. The number of rotatable bonds is 7. The van der Waals surface area contributed by atoms with Gasteiger partial charge >= 0.3 is 5.97 Å². The average Bonchev–Trinajstić information content (AvgIpc) is 3.26. The Labute approximate surface area is 118 Å². The molecular weight excluding hydrogens is 258 g/mol. The van der Waals surface area contributed by atoms with E-state index in [1.807, 2.05) is 25.1 Å². The van der Waals surface area contributed by atoms with Crippen molar-refractivity contribution in [3.8, 4) is 5.75 Å². The van der Waals surface area contributed by atoms with Gasteiger partial charge in [0.2, 0.25) is 0 Å². The average molecular weight is 277 g/mol. The molecule has 1 saturated carbocycles. The summed E-state index contributed by atoms with van der Waals surface area (Å²) >= 11 is 0. The summed E-state index contributed by atoms with van der Waals surface area (Å²) in [6, 6.07) is 7.64. The van der Waals surface area contributed by atoms with Gasteiger partial charge in [-0.1, -0.05) is 19.1 Å². The first-order valence-electron chi connectivity index (χ1n) is 6.83. The molecule has 20 heavy (non-hydrogen) atoms. The van der Waals surface area contributed by atoms with Gasteiger partial charge in [0.15, 0.2) is 6.61 Å². The second-order valence-corrected chi connectivity index (χ2v) is 4.94. The molecule has 1 aliphatic rings. The molecule has 1 N–H and O–H groups in total. The Hall–Kier alpha value is -2.04. The van der Waals surface area contributed by atoms with E-state index in [-0.39, 0.29) is 25.1 Å². The smallest absolute Gasteiger partial charge is 0.323 e. The molecule has 1 fully saturated rings. The Kier molecular flexibility index (Phi) is 4.61. The van der Waals surface area contributed by atoms with Gasteiger partial charge in [0.05, 0.1) is 0 Å². The number of aliphatic carboxylic acids is 1. The lowest BCUT2D eigenvalue weighted by atomic mass is 10.2. The zero-order chi connectivity index (χ0) is 14.5. The van der Waals surface area contributed by atoms with Gasteiger partial charge in [-0.2, -0.15) is 0 Å². The first-order chi connectivity index (χ1) is 9.60. The predicted molar refractivity (Wildman–Crippen MR) is 73.7 cm³/mol. The van der Waals surface area contributed by atoms with Crippen molar-refractivity contribution >= 4 is 11.9 Å². The molecule has 0 heterocycles. The molecule has 0 aliphatic heterocycles. The standard InChI is InChI=1S/C15H19NO4/c1-2-11-4-3-5-13(8-11)20-10-14(17)16(9-15(18)19)12-6-7-12/h3-5,8,12H,2,6-7,9-10H2,1H3,(H,18,19). The molecule has 1 aromatic rings. The summed E-state index contributed by atoms with van der Waals surface area (Å²) in [7, 11) is 0. The van der Waals surface area contributed by atoms with Gasteiger partial charge < -0.3 is 14.7 Å². The van der Waals surface area contributed by atoms with Gasteiger partial charge in [-0.05, 0) is 37.0 Å². The van der Waals surface area contributed by atoms with Crippen molar-refractivity contribution in [1.29, 1.82) is 0 Å². The minimum atomic E-state index is -0.988. The minimum absolute atomic E-state index is 0.0733. The topological polar surface area (TPSA) is 66.8 Å². The number of amides is 1. The molecule has 108 valence electrons. The van der Waals surface area contributed by atoms with Crippen LogP contribution in [0.3, 0.4) is 0 Å². The summed E-state index contributed by atoms with van der Waals surface area (Å²) in [5.41, 5.74) is 1.14. The molecule has 0 unspecified atom stereocenters. The van der Waals surface area contributed by atoms with Crippen LogP contribution < -0.4 is 4.74 Å². The first-order valence-corrected chi connectivity index (χ1v) is 6.83. The number of hydrogen-bond acceptors (Lipinski definition) is 3. The van der Waals surface area contributed by atoms with Gasteiger partial charge in [-0.25, -0.2) is 0 Å². The number of benzene rings is 1. The third-order valence-corrected chi connectivity index (χ3v) is 3.28. The maximum Gasteiger partial charge on any atom is 0.323 e. The highest BCUT2D eigenvalue weighted by Crippen LogP contribution is 2.26. The second kappa shape index (κ2) is 6.41. The number of carbonyl (C=O) groups excluding carboxylic acids is 1. The summed E-state index contributed by atoms with van der Waals surface area (Å²) in [4.78, 5) is 24.2. The van der Waals surface area contributed by atoms with Crippen molar-refractivity contribution < 1.29 is 19.4 Å². The minimum Gasteiger partial charge on any atom is -0.484 e. The molecule has 0 saturated heterocycles. The summed E-state index contributed by atoms with van der Waals surface area (Å²) in [6.07, 6.45) is 2.66. The Morgan fingerprint density at radius 2 is 2.15 bits per heavy atom. The lowest BCUT2D eigenvalue weighted by molar-refractivity contribution is -0.145. The second-order valence-electron chi connectivity index (χ2n) is 4.94. The van der Waals surface area contributed by atoms with E-state index in [1.54, 1.807) is 6.07 Å². The van der Waals surface area contributed by atoms with E-state index in [0.717, 1.165) is 24.8 Å². The molecule has 0 atom stereocenters. The van der Waals surface area contributed by atoms with Gasteiger partial charge in [0, 0.05) is 6.04 Å². The molecule has 1 aliphatic carbocycles. The molecule has 1 amide bonds. The van der Waals surface area contributed by atoms with Crippen molar-refractivity contribution in [3.63, 3.8) is 0 Å². The lowest BCUT2D eigenvalue weighted by Gasteiger charge is -2.20. The van der Waals surface area contributed by atoms with Crippen LogP contribution in [0.1, 0.15) is 25.3 Å². The van der Waals surface area contributed by atoms with Crippen molar-refractivity contribution in [2.75, 3.05) is 13.2 Å². The SMILES string of the molecule is CCc1cccc(OCC(=O)N(CC(=O)O)C2CC2)c1. The lowest BCUT2D eigenvalue weighted by Crippen LogP contribution is -2.40.